The van der Waals surface area contributed by atoms with Crippen molar-refractivity contribution in [2.45, 2.75) is 16.5 Å². The Bertz CT molecular complexity index is 302. The zero-order valence-electron chi connectivity index (χ0n) is 7.55. The van der Waals surface area contributed by atoms with Gasteiger partial charge in [-0.15, -0.1) is 0 Å². The van der Waals surface area contributed by atoms with Crippen molar-refractivity contribution < 1.29 is 9.59 Å². The monoisotopic (exact) mass is 172 g/mol. The molecule has 3 heteroatoms. The summed E-state index contributed by atoms with van der Waals surface area (Å²) in [6.45, 7) is 3.05. The van der Waals surface area contributed by atoms with Crippen molar-refractivity contribution in [3.8, 4) is 0 Å². The quantitative estimate of drug-likeness (QED) is 0.582. The van der Waals surface area contributed by atoms with Gasteiger partial charge in [0.2, 0.25) is 0 Å². The molecule has 12 heavy (non-hydrogen) atoms. The van der Waals surface area contributed by atoms with E-state index in [0.717, 1.165) is 0 Å². The van der Waals surface area contributed by atoms with E-state index in [9.17, 15) is 9.59 Å². The fourth-order valence-corrected chi connectivity index (χ4v) is 2.10. The summed E-state index contributed by atoms with van der Waals surface area (Å²) >= 11 is 0.672. The van der Waals surface area contributed by atoms with Gasteiger partial charge in [-0.05, 0) is 0 Å². The average Bonchev–Trinajstić information content (AvgIpc) is 2.32. The van der Waals surface area contributed by atoms with Crippen molar-refractivity contribution in [3.05, 3.63) is 23.8 Å². The van der Waals surface area contributed by atoms with E-state index in [1.807, 2.05) is 6.08 Å². The van der Waals surface area contributed by atoms with Gasteiger partial charge in [0.15, 0.2) is 0 Å². The molecule has 1 atom stereocenters. The molecule has 0 bridgehead atoms. The second-order valence-electron chi connectivity index (χ2n) is 3.25. The van der Waals surface area contributed by atoms with Gasteiger partial charge in [-0.2, -0.15) is 0 Å². The molecule has 0 amide bonds. The second-order valence-corrected chi connectivity index (χ2v) is 4.83. The van der Waals surface area contributed by atoms with E-state index in [4.69, 9.17) is 0 Å². The van der Waals surface area contributed by atoms with Crippen LogP contribution in [0.15, 0.2) is 23.8 Å². The molecular formula is C9H9NaO2. The fourth-order valence-electron chi connectivity index (χ4n) is 1.39. The van der Waals surface area contributed by atoms with Gasteiger partial charge in [0.25, 0.3) is 0 Å². The first-order valence-electron chi connectivity index (χ1n) is 3.90. The van der Waals surface area contributed by atoms with E-state index in [0.29, 0.717) is 33.5 Å². The summed E-state index contributed by atoms with van der Waals surface area (Å²) in [6, 6.07) is 0. The van der Waals surface area contributed by atoms with E-state index >= 15 is 0 Å². The summed E-state index contributed by atoms with van der Waals surface area (Å²) in [5, 5.41) is 0. The third kappa shape index (κ3) is 1.47. The molecule has 0 radical (unpaired) electrons. The van der Waals surface area contributed by atoms with Gasteiger partial charge in [0.1, 0.15) is 0 Å². The molecule has 0 aromatic carbocycles. The first kappa shape index (κ1) is 9.90. The van der Waals surface area contributed by atoms with Crippen LogP contribution in [-0.4, -0.2) is 39.5 Å². The average molecular weight is 172 g/mol. The standard InChI is InChI=1S/C9H9O2.Na/c1-6(10)8-4-3-5-9(8)7(2)11;/h3-5H,1-2H3;. The van der Waals surface area contributed by atoms with E-state index in [-0.39, 0.29) is 11.6 Å². The molecular weight excluding hydrogens is 163 g/mol. The molecule has 1 rings (SSSR count). The van der Waals surface area contributed by atoms with Crippen LogP contribution in [0.25, 0.3) is 0 Å². The molecule has 58 valence electrons. The summed E-state index contributed by atoms with van der Waals surface area (Å²) in [7, 11) is 0. The number of carbonyl (C=O) groups excluding carboxylic acids is 2. The Labute approximate surface area is 89.1 Å². The number of hydrogen-bond donors (Lipinski definition) is 0. The van der Waals surface area contributed by atoms with Gasteiger partial charge in [-0.25, -0.2) is 0 Å². The molecule has 0 spiro atoms. The molecule has 1 aliphatic rings. The maximum absolute atomic E-state index is 11.3. The van der Waals surface area contributed by atoms with E-state index in [1.165, 1.54) is 6.92 Å². The predicted octanol–water partition coefficient (Wildman–Crippen LogP) is 0.988. The SMILES string of the molecule is CC(=O)C1=CC=C[C]1([Na])C(C)=O. The topological polar surface area (TPSA) is 34.1 Å². The molecule has 0 saturated carbocycles. The normalized spacial score (nSPS) is 27.2. The Morgan fingerprint density at radius 3 is 2.33 bits per heavy atom. The van der Waals surface area contributed by atoms with Crippen LogP contribution in [-0.2, 0) is 9.59 Å². The van der Waals surface area contributed by atoms with Gasteiger partial charge in [0.05, 0.1) is 0 Å². The Morgan fingerprint density at radius 1 is 1.42 bits per heavy atom. The van der Waals surface area contributed by atoms with Crippen LogP contribution in [0.1, 0.15) is 13.8 Å². The maximum atomic E-state index is 11.3. The van der Waals surface area contributed by atoms with E-state index in [1.54, 1.807) is 19.1 Å². The Kier molecular flexibility index (Phi) is 2.71. The molecule has 0 N–H and O–H groups in total. The Balaban J connectivity index is 3.09. The summed E-state index contributed by atoms with van der Waals surface area (Å²) in [5.41, 5.74) is 0.654. The zero-order chi connectivity index (χ0) is 9.35. The van der Waals surface area contributed by atoms with Crippen molar-refractivity contribution in [1.29, 1.82) is 0 Å². The van der Waals surface area contributed by atoms with Crippen LogP contribution < -0.4 is 0 Å². The van der Waals surface area contributed by atoms with Crippen LogP contribution in [0.4, 0.5) is 0 Å². The van der Waals surface area contributed by atoms with Crippen molar-refractivity contribution in [1.82, 2.24) is 0 Å². The van der Waals surface area contributed by atoms with Crippen LogP contribution in [0.5, 0.6) is 0 Å². The number of hydrogen-bond acceptors (Lipinski definition) is 2. The second kappa shape index (κ2) is 3.29. The van der Waals surface area contributed by atoms with Crippen molar-refractivity contribution in [2.24, 2.45) is 0 Å². The van der Waals surface area contributed by atoms with Crippen molar-refractivity contribution in [3.63, 3.8) is 0 Å². The number of ketones is 2. The van der Waals surface area contributed by atoms with E-state index < -0.39 is 2.66 Å². The molecule has 1 unspecified atom stereocenters. The number of rotatable bonds is 2. The summed E-state index contributed by atoms with van der Waals surface area (Å²) < 4.78 is -0.536. The number of carbonyl (C=O) groups is 2. The van der Waals surface area contributed by atoms with Gasteiger partial charge in [-0.3, -0.25) is 0 Å². The molecule has 0 fully saturated rings. The third-order valence-corrected chi connectivity index (χ3v) is 3.94. The summed E-state index contributed by atoms with van der Waals surface area (Å²) in [5.74, 6) is 0.0783. The number of Topliss-reactive ketones (excluding diaryl/α,β-unsaturated/α-hetero) is 2. The van der Waals surface area contributed by atoms with Gasteiger partial charge >= 0.3 is 89.4 Å². The van der Waals surface area contributed by atoms with Crippen LogP contribution in [0, 0.1) is 0 Å². The zero-order valence-corrected chi connectivity index (χ0v) is 9.55. The van der Waals surface area contributed by atoms with Crippen LogP contribution in [0.2, 0.25) is 2.66 Å². The van der Waals surface area contributed by atoms with Gasteiger partial charge in [-0.1, -0.05) is 0 Å². The Morgan fingerprint density at radius 2 is 2.00 bits per heavy atom. The Hall–Kier alpha value is -0.180. The van der Waals surface area contributed by atoms with Crippen molar-refractivity contribution >= 4 is 39.5 Å². The molecule has 0 saturated heterocycles. The molecule has 0 aliphatic heterocycles. The first-order valence-corrected chi connectivity index (χ1v) is 4.90. The third-order valence-electron chi connectivity index (χ3n) is 2.36. The summed E-state index contributed by atoms with van der Waals surface area (Å²) in [4.78, 5) is 22.4. The van der Waals surface area contributed by atoms with Gasteiger partial charge in [0, 0.05) is 0 Å². The van der Waals surface area contributed by atoms with Crippen molar-refractivity contribution in [2.75, 3.05) is 0 Å². The van der Waals surface area contributed by atoms with Gasteiger partial charge < -0.3 is 0 Å². The molecule has 0 heterocycles. The van der Waals surface area contributed by atoms with Crippen LogP contribution in [0.3, 0.4) is 0 Å². The number of allylic oxidation sites excluding steroid dienone is 4. The predicted molar refractivity (Wildman–Crippen MR) is 47.0 cm³/mol. The molecule has 1 aliphatic carbocycles. The first-order chi connectivity index (χ1) is 5.48. The summed E-state index contributed by atoms with van der Waals surface area (Å²) in [6.07, 6.45) is 5.38. The minimum atomic E-state index is -0.536. The minimum absolute atomic E-state index is 0.00481. The van der Waals surface area contributed by atoms with E-state index in [2.05, 4.69) is 0 Å². The van der Waals surface area contributed by atoms with Crippen LogP contribution >= 0.6 is 0 Å². The fraction of sp³-hybridized carbons (Fsp3) is 0.333. The molecule has 2 nitrogen and oxygen atoms in total. The molecule has 0 aromatic heterocycles. The molecule has 0 aromatic rings.